The van der Waals surface area contributed by atoms with Gasteiger partial charge in [-0.25, -0.2) is 0 Å². The van der Waals surface area contributed by atoms with E-state index in [1.165, 1.54) is 0 Å². The van der Waals surface area contributed by atoms with Gasteiger partial charge in [-0.3, -0.25) is 4.79 Å². The molecule has 0 bridgehead atoms. The molecule has 0 fully saturated rings. The quantitative estimate of drug-likeness (QED) is 0.747. The molecule has 0 amide bonds. The van der Waals surface area contributed by atoms with Crippen LogP contribution in [-0.2, 0) is 9.53 Å². The van der Waals surface area contributed by atoms with Crippen molar-refractivity contribution in [1.29, 1.82) is 0 Å². The maximum atomic E-state index is 11.8. The van der Waals surface area contributed by atoms with Gasteiger partial charge in [-0.05, 0) is 25.6 Å². The highest BCUT2D eigenvalue weighted by molar-refractivity contribution is 5.76. The van der Waals surface area contributed by atoms with E-state index in [1.54, 1.807) is 0 Å². The number of rotatable bonds is 7. The second-order valence-corrected chi connectivity index (χ2v) is 4.08. The first-order valence-corrected chi connectivity index (χ1v) is 6.35. The average molecular weight is 250 g/mol. The van der Waals surface area contributed by atoms with Crippen molar-refractivity contribution in [3.63, 3.8) is 0 Å². The van der Waals surface area contributed by atoms with Gasteiger partial charge in [-0.1, -0.05) is 25.1 Å². The molecule has 1 N–H and O–H groups in total. The maximum absolute atomic E-state index is 11.8. The van der Waals surface area contributed by atoms with Crippen LogP contribution in [0.4, 0.5) is 5.69 Å². The number of ether oxygens (including phenoxy) is 1. The maximum Gasteiger partial charge on any atom is 0.324 e. The van der Waals surface area contributed by atoms with Crippen molar-refractivity contribution in [2.45, 2.75) is 19.9 Å². The predicted octanol–water partition coefficient (Wildman–Crippen LogP) is 1.66. The van der Waals surface area contributed by atoms with E-state index in [1.807, 2.05) is 56.1 Å². The molecule has 0 aliphatic rings. The second-order valence-electron chi connectivity index (χ2n) is 4.08. The first-order valence-electron chi connectivity index (χ1n) is 6.35. The fourth-order valence-electron chi connectivity index (χ4n) is 1.77. The SMILES string of the molecule is CCNC(CN(C)c1ccccc1)C(=O)OCC. The number of nitrogens with one attached hydrogen (secondary N) is 1. The molecule has 0 spiro atoms. The number of likely N-dealkylation sites (N-methyl/N-ethyl adjacent to an activating group) is 2. The van der Waals surface area contributed by atoms with Crippen molar-refractivity contribution in [3.05, 3.63) is 30.3 Å². The van der Waals surface area contributed by atoms with Gasteiger partial charge in [0.05, 0.1) is 6.61 Å². The molecule has 1 aromatic carbocycles. The molecule has 100 valence electrons. The number of anilines is 1. The standard InChI is InChI=1S/C14H22N2O2/c1-4-15-13(14(17)18-5-2)11-16(3)12-9-7-6-8-10-12/h6-10,13,15H,4-5,11H2,1-3H3. The fraction of sp³-hybridized carbons (Fsp3) is 0.500. The first kappa shape index (κ1) is 14.5. The van der Waals surface area contributed by atoms with Crippen molar-refractivity contribution < 1.29 is 9.53 Å². The van der Waals surface area contributed by atoms with E-state index in [0.717, 1.165) is 12.2 Å². The summed E-state index contributed by atoms with van der Waals surface area (Å²) < 4.78 is 5.07. The van der Waals surface area contributed by atoms with Gasteiger partial charge >= 0.3 is 5.97 Å². The van der Waals surface area contributed by atoms with Gasteiger partial charge in [-0.15, -0.1) is 0 Å². The smallest absolute Gasteiger partial charge is 0.324 e. The lowest BCUT2D eigenvalue weighted by molar-refractivity contribution is -0.145. The molecule has 1 aromatic rings. The third-order valence-corrected chi connectivity index (χ3v) is 2.68. The Balaban J connectivity index is 2.63. The minimum absolute atomic E-state index is 0.192. The number of nitrogens with zero attached hydrogens (tertiary/aromatic N) is 1. The second kappa shape index (κ2) is 7.71. The van der Waals surface area contributed by atoms with Crippen LogP contribution < -0.4 is 10.2 Å². The zero-order valence-electron chi connectivity index (χ0n) is 11.3. The lowest BCUT2D eigenvalue weighted by atomic mass is 10.2. The largest absolute Gasteiger partial charge is 0.465 e. The van der Waals surface area contributed by atoms with Crippen LogP contribution in [0.1, 0.15) is 13.8 Å². The van der Waals surface area contributed by atoms with Crippen LogP contribution in [0.2, 0.25) is 0 Å². The number of hydrogen-bond acceptors (Lipinski definition) is 4. The van der Waals surface area contributed by atoms with Gasteiger partial charge in [0.15, 0.2) is 0 Å². The van der Waals surface area contributed by atoms with E-state index in [-0.39, 0.29) is 12.0 Å². The third-order valence-electron chi connectivity index (χ3n) is 2.68. The highest BCUT2D eigenvalue weighted by Gasteiger charge is 2.20. The van der Waals surface area contributed by atoms with Crippen molar-refractivity contribution in [3.8, 4) is 0 Å². The van der Waals surface area contributed by atoms with Gasteiger partial charge < -0.3 is 15.0 Å². The minimum atomic E-state index is -0.292. The number of para-hydroxylation sites is 1. The summed E-state index contributed by atoms with van der Waals surface area (Å²) in [5.41, 5.74) is 1.09. The van der Waals surface area contributed by atoms with Crippen LogP contribution in [0.25, 0.3) is 0 Å². The minimum Gasteiger partial charge on any atom is -0.465 e. The zero-order chi connectivity index (χ0) is 13.4. The Morgan fingerprint density at radius 2 is 2.00 bits per heavy atom. The topological polar surface area (TPSA) is 41.6 Å². The number of benzene rings is 1. The Morgan fingerprint density at radius 1 is 1.33 bits per heavy atom. The van der Waals surface area contributed by atoms with Crippen molar-refractivity contribution in [2.24, 2.45) is 0 Å². The Labute approximate surface area is 109 Å². The monoisotopic (exact) mass is 250 g/mol. The summed E-state index contributed by atoms with van der Waals surface area (Å²) in [7, 11) is 1.97. The van der Waals surface area contributed by atoms with Crippen molar-refractivity contribution >= 4 is 11.7 Å². The molecule has 1 rings (SSSR count). The molecule has 1 unspecified atom stereocenters. The normalized spacial score (nSPS) is 11.9. The molecule has 4 heteroatoms. The van der Waals surface area contributed by atoms with Crippen LogP contribution >= 0.6 is 0 Å². The van der Waals surface area contributed by atoms with Crippen LogP contribution in [0.15, 0.2) is 30.3 Å². The Bertz CT molecular complexity index is 354. The number of hydrogen-bond donors (Lipinski definition) is 1. The van der Waals surface area contributed by atoms with Gasteiger partial charge in [0.2, 0.25) is 0 Å². The predicted molar refractivity (Wildman–Crippen MR) is 73.8 cm³/mol. The van der Waals surface area contributed by atoms with E-state index in [0.29, 0.717) is 13.2 Å². The molecule has 0 saturated heterocycles. The lowest BCUT2D eigenvalue weighted by Gasteiger charge is -2.25. The van der Waals surface area contributed by atoms with Crippen molar-refractivity contribution in [2.75, 3.05) is 31.6 Å². The summed E-state index contributed by atoms with van der Waals surface area (Å²) in [5, 5.41) is 3.15. The molecule has 0 radical (unpaired) electrons. The highest BCUT2D eigenvalue weighted by atomic mass is 16.5. The lowest BCUT2D eigenvalue weighted by Crippen LogP contribution is -2.46. The van der Waals surface area contributed by atoms with E-state index in [2.05, 4.69) is 5.32 Å². The fourth-order valence-corrected chi connectivity index (χ4v) is 1.77. The van der Waals surface area contributed by atoms with Crippen molar-refractivity contribution in [1.82, 2.24) is 5.32 Å². The van der Waals surface area contributed by atoms with Crippen LogP contribution in [0, 0.1) is 0 Å². The summed E-state index contributed by atoms with van der Waals surface area (Å²) in [5.74, 6) is -0.192. The van der Waals surface area contributed by atoms with Gasteiger partial charge in [-0.2, -0.15) is 0 Å². The summed E-state index contributed by atoms with van der Waals surface area (Å²) in [6.45, 7) is 5.55. The Hall–Kier alpha value is -1.55. The van der Waals surface area contributed by atoms with E-state index in [9.17, 15) is 4.79 Å². The van der Waals surface area contributed by atoms with Gasteiger partial charge in [0, 0.05) is 19.3 Å². The molecule has 0 aromatic heterocycles. The molecule has 18 heavy (non-hydrogen) atoms. The first-order chi connectivity index (χ1) is 8.69. The number of carbonyl (C=O) groups is 1. The van der Waals surface area contributed by atoms with E-state index >= 15 is 0 Å². The third kappa shape index (κ3) is 4.37. The van der Waals surface area contributed by atoms with Gasteiger partial charge in [0.25, 0.3) is 0 Å². The molecule has 0 saturated carbocycles. The number of esters is 1. The number of carbonyl (C=O) groups excluding carboxylic acids is 1. The van der Waals surface area contributed by atoms with E-state index in [4.69, 9.17) is 4.74 Å². The molecular weight excluding hydrogens is 228 g/mol. The van der Waals surface area contributed by atoms with E-state index < -0.39 is 0 Å². The summed E-state index contributed by atoms with van der Waals surface area (Å²) >= 11 is 0. The Kier molecular flexibility index (Phi) is 6.22. The Morgan fingerprint density at radius 3 is 2.56 bits per heavy atom. The average Bonchev–Trinajstić information content (AvgIpc) is 2.39. The molecule has 0 aliphatic heterocycles. The molecule has 1 atom stereocenters. The van der Waals surface area contributed by atoms with Crippen LogP contribution in [-0.4, -0.2) is 38.8 Å². The summed E-state index contributed by atoms with van der Waals surface area (Å²) in [4.78, 5) is 13.8. The van der Waals surface area contributed by atoms with Gasteiger partial charge in [0.1, 0.15) is 6.04 Å². The molecular formula is C14H22N2O2. The highest BCUT2D eigenvalue weighted by Crippen LogP contribution is 2.11. The summed E-state index contributed by atoms with van der Waals surface area (Å²) in [6.07, 6.45) is 0. The molecule has 0 heterocycles. The molecule has 0 aliphatic carbocycles. The summed E-state index contributed by atoms with van der Waals surface area (Å²) in [6, 6.07) is 9.70. The molecule has 4 nitrogen and oxygen atoms in total. The van der Waals surface area contributed by atoms with Crippen LogP contribution in [0.3, 0.4) is 0 Å². The zero-order valence-corrected chi connectivity index (χ0v) is 11.3. The van der Waals surface area contributed by atoms with Crippen LogP contribution in [0.5, 0.6) is 0 Å².